The molecule has 0 saturated carbocycles. The van der Waals surface area contributed by atoms with E-state index >= 15 is 0 Å². The molecule has 1 aromatic heterocycles. The largest absolute Gasteiger partial charge is 0.393 e. The predicted molar refractivity (Wildman–Crippen MR) is 75.8 cm³/mol. The third-order valence-electron chi connectivity index (χ3n) is 2.12. The normalized spacial score (nSPS) is 9.11. The first-order valence-corrected chi connectivity index (χ1v) is 5.47. The number of rotatable bonds is 2. The Kier molecular flexibility index (Phi) is 4.97. The molecular weight excluding hydrogens is 248 g/mol. The van der Waals surface area contributed by atoms with E-state index in [9.17, 15) is 0 Å². The Morgan fingerprint density at radius 1 is 1.28 bits per heavy atom. The summed E-state index contributed by atoms with van der Waals surface area (Å²) in [5, 5.41) is 3.35. The molecule has 0 amide bonds. The number of nitrogen functional groups attached to an aromatic ring is 1. The minimum atomic E-state index is 0.255. The third-order valence-corrected chi connectivity index (χ3v) is 2.42. The van der Waals surface area contributed by atoms with Crippen molar-refractivity contribution < 1.29 is 0 Å². The molecule has 1 aromatic carbocycles. The number of aromatic nitrogens is 2. The fourth-order valence-electron chi connectivity index (χ4n) is 1.33. The van der Waals surface area contributed by atoms with Gasteiger partial charge in [0, 0.05) is 5.69 Å². The number of nitrogens with two attached hydrogens (primary N) is 1. The second-order valence-electron chi connectivity index (χ2n) is 3.42. The first-order chi connectivity index (χ1) is 8.66. The lowest BCUT2D eigenvalue weighted by atomic mass is 10.2. The van der Waals surface area contributed by atoms with Crippen molar-refractivity contribution in [2.24, 2.45) is 0 Å². The van der Waals surface area contributed by atoms with Gasteiger partial charge in [0.25, 0.3) is 0 Å². The van der Waals surface area contributed by atoms with E-state index in [4.69, 9.17) is 17.3 Å². The number of aryl methyl sites for hydroxylation is 1. The van der Waals surface area contributed by atoms with Crippen molar-refractivity contribution in [3.8, 4) is 12.8 Å². The standard InChI is InChI=1S/C11H11ClN4.C2H2/c1-7-3-2-4-8(5-7)16-11-9(13)10(12)14-6-15-11;1-2/h2-6H,13H2,1H3,(H,14,15,16);1-2H. The van der Waals surface area contributed by atoms with Gasteiger partial charge >= 0.3 is 0 Å². The molecule has 0 aliphatic rings. The second kappa shape index (κ2) is 6.48. The molecule has 0 aliphatic carbocycles. The number of hydrogen-bond donors (Lipinski definition) is 2. The van der Waals surface area contributed by atoms with Crippen LogP contribution in [0, 0.1) is 19.8 Å². The number of benzene rings is 1. The molecule has 0 spiro atoms. The fourth-order valence-corrected chi connectivity index (χ4v) is 1.47. The third kappa shape index (κ3) is 3.37. The van der Waals surface area contributed by atoms with E-state index in [2.05, 4.69) is 28.1 Å². The van der Waals surface area contributed by atoms with Crippen LogP contribution in [-0.4, -0.2) is 9.97 Å². The molecule has 1 heterocycles. The summed E-state index contributed by atoms with van der Waals surface area (Å²) in [4.78, 5) is 7.82. The Bertz CT molecular complexity index is 552. The zero-order valence-corrected chi connectivity index (χ0v) is 10.6. The molecular formula is C13H13ClN4. The van der Waals surface area contributed by atoms with Crippen LogP contribution in [0.25, 0.3) is 0 Å². The Hall–Kier alpha value is -2.25. The van der Waals surface area contributed by atoms with E-state index in [1.807, 2.05) is 31.2 Å². The Balaban J connectivity index is 0.000000771. The Morgan fingerprint density at radius 2 is 2.00 bits per heavy atom. The van der Waals surface area contributed by atoms with Crippen LogP contribution in [0.4, 0.5) is 17.2 Å². The number of nitrogens with one attached hydrogen (secondary N) is 1. The van der Waals surface area contributed by atoms with E-state index in [1.165, 1.54) is 6.33 Å². The summed E-state index contributed by atoms with van der Waals surface area (Å²) in [5.74, 6) is 0.519. The van der Waals surface area contributed by atoms with E-state index < -0.39 is 0 Å². The quantitative estimate of drug-likeness (QED) is 0.644. The topological polar surface area (TPSA) is 63.8 Å². The van der Waals surface area contributed by atoms with Gasteiger partial charge in [0.05, 0.1) is 0 Å². The van der Waals surface area contributed by atoms with Crippen LogP contribution < -0.4 is 11.1 Å². The van der Waals surface area contributed by atoms with Crippen molar-refractivity contribution in [2.75, 3.05) is 11.1 Å². The Labute approximate surface area is 111 Å². The number of nitrogens with zero attached hydrogens (tertiary/aromatic N) is 2. The first-order valence-electron chi connectivity index (χ1n) is 5.10. The van der Waals surface area contributed by atoms with Crippen molar-refractivity contribution in [1.29, 1.82) is 0 Å². The van der Waals surface area contributed by atoms with Crippen molar-refractivity contribution in [2.45, 2.75) is 6.92 Å². The monoisotopic (exact) mass is 260 g/mol. The average Bonchev–Trinajstić information content (AvgIpc) is 2.38. The van der Waals surface area contributed by atoms with Gasteiger partial charge in [-0.2, -0.15) is 0 Å². The van der Waals surface area contributed by atoms with Crippen LogP contribution in [0.1, 0.15) is 5.56 Å². The van der Waals surface area contributed by atoms with Gasteiger partial charge in [-0.25, -0.2) is 9.97 Å². The highest BCUT2D eigenvalue weighted by Gasteiger charge is 2.05. The SMILES string of the molecule is C#C.Cc1cccc(Nc2ncnc(Cl)c2N)c1. The highest BCUT2D eigenvalue weighted by molar-refractivity contribution is 6.32. The molecule has 0 saturated heterocycles. The van der Waals surface area contributed by atoms with Gasteiger partial charge in [0.2, 0.25) is 0 Å². The first kappa shape index (κ1) is 13.8. The molecule has 4 nitrogen and oxygen atoms in total. The summed E-state index contributed by atoms with van der Waals surface area (Å²) < 4.78 is 0. The maximum atomic E-state index is 5.80. The average molecular weight is 261 g/mol. The molecule has 5 heteroatoms. The maximum Gasteiger partial charge on any atom is 0.158 e. The van der Waals surface area contributed by atoms with Gasteiger partial charge in [0.15, 0.2) is 11.0 Å². The molecule has 0 fully saturated rings. The summed E-state index contributed by atoms with van der Waals surface area (Å²) >= 11 is 5.80. The zero-order chi connectivity index (χ0) is 13.5. The highest BCUT2D eigenvalue weighted by Crippen LogP contribution is 2.25. The molecule has 92 valence electrons. The smallest absolute Gasteiger partial charge is 0.158 e. The van der Waals surface area contributed by atoms with Crippen molar-refractivity contribution >= 4 is 28.8 Å². The van der Waals surface area contributed by atoms with Crippen molar-refractivity contribution in [3.63, 3.8) is 0 Å². The Morgan fingerprint density at radius 3 is 2.67 bits per heavy atom. The molecule has 2 aromatic rings. The van der Waals surface area contributed by atoms with E-state index in [0.29, 0.717) is 11.5 Å². The summed E-state index contributed by atoms with van der Waals surface area (Å²) in [5.41, 5.74) is 8.18. The van der Waals surface area contributed by atoms with Gasteiger partial charge in [-0.1, -0.05) is 23.7 Å². The number of hydrogen-bond acceptors (Lipinski definition) is 4. The van der Waals surface area contributed by atoms with Crippen LogP contribution in [0.3, 0.4) is 0 Å². The fraction of sp³-hybridized carbons (Fsp3) is 0.0769. The lowest BCUT2D eigenvalue weighted by Crippen LogP contribution is -2.01. The lowest BCUT2D eigenvalue weighted by molar-refractivity contribution is 1.17. The highest BCUT2D eigenvalue weighted by atomic mass is 35.5. The summed E-state index contributed by atoms with van der Waals surface area (Å²) in [6.07, 6.45) is 9.37. The van der Waals surface area contributed by atoms with E-state index in [1.54, 1.807) is 0 Å². The van der Waals surface area contributed by atoms with Crippen LogP contribution in [0.2, 0.25) is 5.15 Å². The lowest BCUT2D eigenvalue weighted by Gasteiger charge is -2.08. The minimum Gasteiger partial charge on any atom is -0.393 e. The number of halogens is 1. The second-order valence-corrected chi connectivity index (χ2v) is 3.78. The van der Waals surface area contributed by atoms with Crippen molar-refractivity contribution in [1.82, 2.24) is 9.97 Å². The van der Waals surface area contributed by atoms with E-state index in [0.717, 1.165) is 11.3 Å². The van der Waals surface area contributed by atoms with Gasteiger partial charge in [-0.15, -0.1) is 12.8 Å². The minimum absolute atomic E-state index is 0.255. The van der Waals surface area contributed by atoms with Crippen LogP contribution in [0.15, 0.2) is 30.6 Å². The molecule has 2 rings (SSSR count). The zero-order valence-electron chi connectivity index (χ0n) is 9.89. The number of terminal acetylenes is 1. The molecule has 0 radical (unpaired) electrons. The van der Waals surface area contributed by atoms with Crippen molar-refractivity contribution in [3.05, 3.63) is 41.3 Å². The molecule has 0 bridgehead atoms. The van der Waals surface area contributed by atoms with Gasteiger partial charge in [-0.3, -0.25) is 0 Å². The molecule has 3 N–H and O–H groups in total. The summed E-state index contributed by atoms with van der Waals surface area (Å²) in [6.45, 7) is 2.02. The summed E-state index contributed by atoms with van der Waals surface area (Å²) in [7, 11) is 0. The van der Waals surface area contributed by atoms with Gasteiger partial charge in [0.1, 0.15) is 12.0 Å². The summed E-state index contributed by atoms with van der Waals surface area (Å²) in [6, 6.07) is 7.90. The molecule has 0 unspecified atom stereocenters. The van der Waals surface area contributed by atoms with Crippen LogP contribution in [-0.2, 0) is 0 Å². The molecule has 18 heavy (non-hydrogen) atoms. The van der Waals surface area contributed by atoms with Crippen LogP contribution >= 0.6 is 11.6 Å². The van der Waals surface area contributed by atoms with Gasteiger partial charge < -0.3 is 11.1 Å². The number of anilines is 3. The molecule has 0 atom stereocenters. The van der Waals surface area contributed by atoms with E-state index in [-0.39, 0.29) is 5.15 Å². The van der Waals surface area contributed by atoms with Crippen LogP contribution in [0.5, 0.6) is 0 Å². The maximum absolute atomic E-state index is 5.80. The predicted octanol–water partition coefficient (Wildman–Crippen LogP) is 3.01. The molecule has 0 aliphatic heterocycles. The van der Waals surface area contributed by atoms with Gasteiger partial charge in [-0.05, 0) is 24.6 Å².